The Morgan fingerprint density at radius 1 is 1.28 bits per heavy atom. The molecule has 6 nitrogen and oxygen atoms in total. The van der Waals surface area contributed by atoms with Crippen molar-refractivity contribution in [2.45, 2.75) is 30.4 Å². The van der Waals surface area contributed by atoms with E-state index in [4.69, 9.17) is 0 Å². The van der Waals surface area contributed by atoms with Crippen LogP contribution in [0.15, 0.2) is 29.4 Å². The maximum Gasteiger partial charge on any atom is 0.451 e. The topological polar surface area (TPSA) is 76.9 Å². The first kappa shape index (κ1) is 19.0. The Hall–Kier alpha value is -2.36. The number of halogens is 3. The van der Waals surface area contributed by atoms with Crippen molar-refractivity contribution in [3.05, 3.63) is 35.7 Å². The van der Waals surface area contributed by atoms with Crippen LogP contribution in [0, 0.1) is 0 Å². The second kappa shape index (κ2) is 7.26. The molecule has 0 aliphatic carbocycles. The lowest BCUT2D eigenvalue weighted by molar-refractivity contribution is -0.147. The molecule has 1 amide bonds. The standard InChI is InChI=1S/C15H15F3N4O2S/c1-8(23)10-5-4-6-11(7-10)19-12(24)9(2)25-14-21-20-13(22(14)3)15(16,17)18/h4-7,9H,1-3H3,(H,19,24)/t9-/m0/s1. The van der Waals surface area contributed by atoms with Crippen LogP contribution in [0.1, 0.15) is 30.0 Å². The zero-order valence-corrected chi connectivity index (χ0v) is 14.4. The number of benzene rings is 1. The van der Waals surface area contributed by atoms with Crippen molar-refractivity contribution in [2.24, 2.45) is 7.05 Å². The first-order valence-corrected chi connectivity index (χ1v) is 8.02. The molecule has 25 heavy (non-hydrogen) atoms. The van der Waals surface area contributed by atoms with Gasteiger partial charge in [0, 0.05) is 18.3 Å². The summed E-state index contributed by atoms with van der Waals surface area (Å²) in [5.74, 6) is -1.70. The Kier molecular flexibility index (Phi) is 5.51. The summed E-state index contributed by atoms with van der Waals surface area (Å²) in [5, 5.41) is 8.48. The van der Waals surface area contributed by atoms with E-state index in [2.05, 4.69) is 15.5 Å². The van der Waals surface area contributed by atoms with Crippen LogP contribution in [0.5, 0.6) is 0 Å². The lowest BCUT2D eigenvalue weighted by Gasteiger charge is -2.12. The predicted octanol–water partition coefficient (Wildman–Crippen LogP) is 3.16. The Morgan fingerprint density at radius 3 is 2.52 bits per heavy atom. The van der Waals surface area contributed by atoms with Crippen LogP contribution in [0.4, 0.5) is 18.9 Å². The molecule has 0 aliphatic heterocycles. The highest BCUT2D eigenvalue weighted by Crippen LogP contribution is 2.31. The van der Waals surface area contributed by atoms with E-state index in [1.165, 1.54) is 27.0 Å². The molecule has 1 aromatic carbocycles. The Balaban J connectivity index is 2.07. The SMILES string of the molecule is CC(=O)c1cccc(NC(=O)[C@H](C)Sc2nnc(C(F)(F)F)n2C)c1. The summed E-state index contributed by atoms with van der Waals surface area (Å²) in [4.78, 5) is 23.6. The number of carbonyl (C=O) groups is 2. The van der Waals surface area contributed by atoms with Gasteiger partial charge < -0.3 is 9.88 Å². The largest absolute Gasteiger partial charge is 0.451 e. The fraction of sp³-hybridized carbons (Fsp3) is 0.333. The van der Waals surface area contributed by atoms with Gasteiger partial charge in [0.15, 0.2) is 10.9 Å². The molecule has 0 saturated carbocycles. The van der Waals surface area contributed by atoms with E-state index in [1.54, 1.807) is 18.2 Å². The van der Waals surface area contributed by atoms with Crippen molar-refractivity contribution in [2.75, 3.05) is 5.32 Å². The lowest BCUT2D eigenvalue weighted by atomic mass is 10.1. The first-order chi connectivity index (χ1) is 11.6. The molecular formula is C15H15F3N4O2S. The molecule has 2 rings (SSSR count). The number of nitrogens with zero attached hydrogens (tertiary/aromatic N) is 3. The fourth-order valence-electron chi connectivity index (χ4n) is 1.94. The summed E-state index contributed by atoms with van der Waals surface area (Å²) >= 11 is 0.855. The summed E-state index contributed by atoms with van der Waals surface area (Å²) in [6.07, 6.45) is -4.61. The highest BCUT2D eigenvalue weighted by atomic mass is 32.2. The third-order valence-electron chi connectivity index (χ3n) is 3.28. The minimum absolute atomic E-state index is 0.0209. The second-order valence-corrected chi connectivity index (χ2v) is 6.56. The van der Waals surface area contributed by atoms with Gasteiger partial charge in [0.1, 0.15) is 0 Å². The van der Waals surface area contributed by atoms with E-state index in [0.29, 0.717) is 11.3 Å². The Bertz CT molecular complexity index is 804. The van der Waals surface area contributed by atoms with Gasteiger partial charge in [-0.15, -0.1) is 10.2 Å². The van der Waals surface area contributed by atoms with Crippen LogP contribution in [-0.4, -0.2) is 31.7 Å². The number of rotatable bonds is 5. The third kappa shape index (κ3) is 4.59. The molecule has 1 N–H and O–H groups in total. The van der Waals surface area contributed by atoms with Crippen molar-refractivity contribution in [1.82, 2.24) is 14.8 Å². The number of aromatic nitrogens is 3. The van der Waals surface area contributed by atoms with E-state index < -0.39 is 23.2 Å². The Labute approximate surface area is 145 Å². The summed E-state index contributed by atoms with van der Waals surface area (Å²) in [6.45, 7) is 2.95. The summed E-state index contributed by atoms with van der Waals surface area (Å²) in [6, 6.07) is 6.39. The van der Waals surface area contributed by atoms with Gasteiger partial charge in [-0.1, -0.05) is 23.9 Å². The lowest BCUT2D eigenvalue weighted by Crippen LogP contribution is -2.23. The molecule has 10 heteroatoms. The normalized spacial score (nSPS) is 12.7. The van der Waals surface area contributed by atoms with Crippen molar-refractivity contribution in [3.63, 3.8) is 0 Å². The van der Waals surface area contributed by atoms with Crippen molar-refractivity contribution in [3.8, 4) is 0 Å². The minimum Gasteiger partial charge on any atom is -0.325 e. The van der Waals surface area contributed by atoms with Crippen LogP contribution < -0.4 is 5.32 Å². The van der Waals surface area contributed by atoms with Gasteiger partial charge in [0.2, 0.25) is 11.7 Å². The van der Waals surface area contributed by atoms with Crippen LogP contribution >= 0.6 is 11.8 Å². The smallest absolute Gasteiger partial charge is 0.325 e. The van der Waals surface area contributed by atoms with Crippen LogP contribution in [0.25, 0.3) is 0 Å². The number of alkyl halides is 3. The molecule has 1 atom stereocenters. The molecular weight excluding hydrogens is 357 g/mol. The molecule has 134 valence electrons. The molecule has 0 unspecified atom stereocenters. The molecule has 0 aliphatic rings. The van der Waals surface area contributed by atoms with Gasteiger partial charge in [-0.25, -0.2) is 0 Å². The zero-order chi connectivity index (χ0) is 18.8. The summed E-state index contributed by atoms with van der Waals surface area (Å²) in [5.41, 5.74) is 0.875. The maximum absolute atomic E-state index is 12.7. The number of amides is 1. The number of hydrogen-bond acceptors (Lipinski definition) is 5. The van der Waals surface area contributed by atoms with E-state index in [9.17, 15) is 22.8 Å². The highest BCUT2D eigenvalue weighted by Gasteiger charge is 2.37. The zero-order valence-electron chi connectivity index (χ0n) is 13.6. The van der Waals surface area contributed by atoms with E-state index in [-0.39, 0.29) is 10.9 Å². The second-order valence-electron chi connectivity index (χ2n) is 5.25. The number of Topliss-reactive ketones (excluding diaryl/α,β-unsaturated/α-hetero) is 1. The molecule has 0 saturated heterocycles. The molecule has 0 spiro atoms. The van der Waals surface area contributed by atoms with Crippen LogP contribution in [0.3, 0.4) is 0 Å². The van der Waals surface area contributed by atoms with Crippen molar-refractivity contribution < 1.29 is 22.8 Å². The van der Waals surface area contributed by atoms with E-state index in [1.807, 2.05) is 0 Å². The maximum atomic E-state index is 12.7. The predicted molar refractivity (Wildman–Crippen MR) is 86.4 cm³/mol. The molecule has 0 radical (unpaired) electrons. The van der Waals surface area contributed by atoms with Gasteiger partial charge in [0.25, 0.3) is 0 Å². The van der Waals surface area contributed by atoms with Crippen LogP contribution in [-0.2, 0) is 18.0 Å². The third-order valence-corrected chi connectivity index (χ3v) is 4.41. The highest BCUT2D eigenvalue weighted by molar-refractivity contribution is 8.00. The monoisotopic (exact) mass is 372 g/mol. The summed E-state index contributed by atoms with van der Waals surface area (Å²) in [7, 11) is 1.19. The van der Waals surface area contributed by atoms with Crippen LogP contribution in [0.2, 0.25) is 0 Å². The minimum atomic E-state index is -4.61. The number of nitrogens with one attached hydrogen (secondary N) is 1. The number of ketones is 1. The van der Waals surface area contributed by atoms with E-state index >= 15 is 0 Å². The van der Waals surface area contributed by atoms with Crippen molar-refractivity contribution in [1.29, 1.82) is 0 Å². The molecule has 0 bridgehead atoms. The van der Waals surface area contributed by atoms with Gasteiger partial charge >= 0.3 is 6.18 Å². The molecule has 2 aromatic rings. The molecule has 1 aromatic heterocycles. The van der Waals surface area contributed by atoms with Gasteiger partial charge in [-0.2, -0.15) is 13.2 Å². The summed E-state index contributed by atoms with van der Waals surface area (Å²) < 4.78 is 38.9. The van der Waals surface area contributed by atoms with Gasteiger partial charge in [-0.05, 0) is 26.0 Å². The number of carbonyl (C=O) groups excluding carboxylic acids is 2. The number of thioether (sulfide) groups is 1. The van der Waals surface area contributed by atoms with E-state index in [0.717, 1.165) is 16.3 Å². The van der Waals surface area contributed by atoms with Gasteiger partial charge in [-0.3, -0.25) is 9.59 Å². The fourth-order valence-corrected chi connectivity index (χ4v) is 2.75. The Morgan fingerprint density at radius 2 is 1.96 bits per heavy atom. The van der Waals surface area contributed by atoms with Crippen molar-refractivity contribution >= 4 is 29.1 Å². The van der Waals surface area contributed by atoms with Gasteiger partial charge in [0.05, 0.1) is 5.25 Å². The average molecular weight is 372 g/mol. The quantitative estimate of drug-likeness (QED) is 0.644. The average Bonchev–Trinajstić information content (AvgIpc) is 2.88. The first-order valence-electron chi connectivity index (χ1n) is 7.14. The number of hydrogen-bond donors (Lipinski definition) is 1. The number of anilines is 1. The molecule has 1 heterocycles. The molecule has 0 fully saturated rings.